The van der Waals surface area contributed by atoms with Crippen LogP contribution in [0.15, 0.2) is 51.7 Å². The Morgan fingerprint density at radius 2 is 1.70 bits per heavy atom. The molecule has 4 rings (SSSR count). The number of halogens is 1. The third-order valence-corrected chi connectivity index (χ3v) is 4.95. The number of fused-ring (bicyclic) bond motifs is 1. The van der Waals surface area contributed by atoms with E-state index in [0.717, 1.165) is 0 Å². The third-order valence-electron chi connectivity index (χ3n) is 4.95. The van der Waals surface area contributed by atoms with Crippen LogP contribution in [0.2, 0.25) is 0 Å². The second-order valence-electron chi connectivity index (χ2n) is 6.66. The molecule has 6 nitrogen and oxygen atoms in total. The molecule has 2 heterocycles. The van der Waals surface area contributed by atoms with E-state index in [1.54, 1.807) is 23.1 Å². The van der Waals surface area contributed by atoms with Crippen LogP contribution in [-0.4, -0.2) is 34.7 Å². The molecule has 1 fully saturated rings. The molecule has 138 valence electrons. The van der Waals surface area contributed by atoms with Crippen molar-refractivity contribution in [2.75, 3.05) is 13.1 Å². The van der Waals surface area contributed by atoms with Crippen LogP contribution in [0, 0.1) is 11.7 Å². The molecule has 0 unspecified atom stereocenters. The summed E-state index contributed by atoms with van der Waals surface area (Å²) in [5.41, 5.74) is 1.84. The molecule has 1 N–H and O–H groups in total. The van der Waals surface area contributed by atoms with Gasteiger partial charge < -0.3 is 9.32 Å². The van der Waals surface area contributed by atoms with Gasteiger partial charge in [0.05, 0.1) is 5.52 Å². The van der Waals surface area contributed by atoms with Gasteiger partial charge in [0.15, 0.2) is 11.4 Å². The minimum atomic E-state index is -0.554. The van der Waals surface area contributed by atoms with Crippen LogP contribution in [0.1, 0.15) is 33.6 Å². The van der Waals surface area contributed by atoms with Gasteiger partial charge in [-0.05, 0) is 55.3 Å². The van der Waals surface area contributed by atoms with Gasteiger partial charge in [-0.2, -0.15) is 0 Å². The quantitative estimate of drug-likeness (QED) is 0.721. The number of Topliss-reactive ketones (excluding diaryl/α,β-unsaturated/α-hetero) is 1. The molecule has 0 radical (unpaired) electrons. The molecule has 0 bridgehead atoms. The van der Waals surface area contributed by atoms with Gasteiger partial charge in [-0.15, -0.1) is 0 Å². The number of hydrogen-bond acceptors (Lipinski definition) is 4. The van der Waals surface area contributed by atoms with Gasteiger partial charge in [-0.1, -0.05) is 0 Å². The van der Waals surface area contributed by atoms with Crippen molar-refractivity contribution in [3.63, 3.8) is 0 Å². The maximum atomic E-state index is 13.0. The fraction of sp³-hybridized carbons (Fsp3) is 0.250. The van der Waals surface area contributed by atoms with Gasteiger partial charge >= 0.3 is 5.76 Å². The van der Waals surface area contributed by atoms with Gasteiger partial charge in [0.1, 0.15) is 5.82 Å². The number of carbonyl (C=O) groups excluding carboxylic acids is 2. The fourth-order valence-electron chi connectivity index (χ4n) is 3.45. The first-order valence-corrected chi connectivity index (χ1v) is 8.73. The van der Waals surface area contributed by atoms with Gasteiger partial charge in [0.2, 0.25) is 0 Å². The van der Waals surface area contributed by atoms with Crippen molar-refractivity contribution >= 4 is 22.8 Å². The number of H-pyrrole nitrogens is 1. The minimum Gasteiger partial charge on any atom is -0.408 e. The summed E-state index contributed by atoms with van der Waals surface area (Å²) < 4.78 is 18.0. The SMILES string of the molecule is O=C(c1ccc2[nH]c(=O)oc2c1)C1CCN(C(=O)c2ccc(F)cc2)CC1. The first kappa shape index (κ1) is 17.2. The first-order chi connectivity index (χ1) is 13.0. The average molecular weight is 368 g/mol. The van der Waals surface area contributed by atoms with E-state index in [2.05, 4.69) is 4.98 Å². The van der Waals surface area contributed by atoms with Crippen molar-refractivity contribution in [2.45, 2.75) is 12.8 Å². The molecular formula is C20H17FN2O4. The Hall–Kier alpha value is -3.22. The standard InChI is InChI=1S/C20H17FN2O4/c21-15-4-1-13(2-5-15)19(25)23-9-7-12(8-10-23)18(24)14-3-6-16-17(11-14)27-20(26)22-16/h1-6,11-12H,7-10H2,(H,22,26). The van der Waals surface area contributed by atoms with Crippen LogP contribution in [0.5, 0.6) is 0 Å². The number of likely N-dealkylation sites (tertiary alicyclic amines) is 1. The second kappa shape index (κ2) is 6.83. The number of hydrogen-bond donors (Lipinski definition) is 1. The van der Waals surface area contributed by atoms with Crippen molar-refractivity contribution in [1.29, 1.82) is 0 Å². The Bertz CT molecular complexity index is 1060. The number of oxazole rings is 1. The highest BCUT2D eigenvalue weighted by Gasteiger charge is 2.28. The van der Waals surface area contributed by atoms with Gasteiger partial charge in [-0.3, -0.25) is 14.6 Å². The molecule has 1 saturated heterocycles. The zero-order valence-corrected chi connectivity index (χ0v) is 14.4. The molecule has 2 aromatic carbocycles. The zero-order chi connectivity index (χ0) is 19.0. The number of benzene rings is 2. The summed E-state index contributed by atoms with van der Waals surface area (Å²) in [6, 6.07) is 10.4. The van der Waals surface area contributed by atoms with E-state index in [1.807, 2.05) is 0 Å². The lowest BCUT2D eigenvalue weighted by Crippen LogP contribution is -2.40. The molecule has 0 aliphatic carbocycles. The van der Waals surface area contributed by atoms with Gasteiger partial charge in [0, 0.05) is 30.1 Å². The molecule has 0 spiro atoms. The number of amides is 1. The average Bonchev–Trinajstić information content (AvgIpc) is 3.07. The van der Waals surface area contributed by atoms with Crippen molar-refractivity contribution < 1.29 is 18.4 Å². The predicted molar refractivity (Wildman–Crippen MR) is 96.2 cm³/mol. The summed E-state index contributed by atoms with van der Waals surface area (Å²) in [5, 5.41) is 0. The highest BCUT2D eigenvalue weighted by molar-refractivity contribution is 6.00. The van der Waals surface area contributed by atoms with E-state index < -0.39 is 5.76 Å². The second-order valence-corrected chi connectivity index (χ2v) is 6.66. The Morgan fingerprint density at radius 1 is 1.04 bits per heavy atom. The summed E-state index contributed by atoms with van der Waals surface area (Å²) >= 11 is 0. The van der Waals surface area contributed by atoms with Crippen LogP contribution in [-0.2, 0) is 0 Å². The van der Waals surface area contributed by atoms with E-state index in [1.165, 1.54) is 24.3 Å². The molecule has 27 heavy (non-hydrogen) atoms. The van der Waals surface area contributed by atoms with E-state index in [0.29, 0.717) is 48.2 Å². The van der Waals surface area contributed by atoms with Crippen LogP contribution >= 0.6 is 0 Å². The summed E-state index contributed by atoms with van der Waals surface area (Å²) in [6.45, 7) is 0.933. The number of nitrogens with zero attached hydrogens (tertiary/aromatic N) is 1. The van der Waals surface area contributed by atoms with Crippen LogP contribution in [0.25, 0.3) is 11.1 Å². The zero-order valence-electron chi connectivity index (χ0n) is 14.4. The fourth-order valence-corrected chi connectivity index (χ4v) is 3.45. The monoisotopic (exact) mass is 368 g/mol. The summed E-state index contributed by atoms with van der Waals surface area (Å²) in [6.07, 6.45) is 1.11. The molecule has 7 heteroatoms. The van der Waals surface area contributed by atoms with E-state index in [9.17, 15) is 18.8 Å². The third kappa shape index (κ3) is 3.40. The Labute approximate surface area is 153 Å². The Balaban J connectivity index is 1.43. The van der Waals surface area contributed by atoms with Crippen molar-refractivity contribution in [2.24, 2.45) is 5.92 Å². The topological polar surface area (TPSA) is 83.4 Å². The number of aromatic amines is 1. The molecule has 1 aliphatic heterocycles. The number of piperidine rings is 1. The molecule has 0 saturated carbocycles. The van der Waals surface area contributed by atoms with Crippen LogP contribution in [0.3, 0.4) is 0 Å². The summed E-state index contributed by atoms with van der Waals surface area (Å²) in [7, 11) is 0. The lowest BCUT2D eigenvalue weighted by Gasteiger charge is -2.31. The first-order valence-electron chi connectivity index (χ1n) is 8.73. The molecule has 0 atom stereocenters. The van der Waals surface area contributed by atoms with Crippen LogP contribution < -0.4 is 5.76 Å². The number of nitrogens with one attached hydrogen (secondary N) is 1. The Morgan fingerprint density at radius 3 is 2.41 bits per heavy atom. The highest BCUT2D eigenvalue weighted by Crippen LogP contribution is 2.24. The number of aromatic nitrogens is 1. The maximum absolute atomic E-state index is 13.0. The van der Waals surface area contributed by atoms with E-state index >= 15 is 0 Å². The van der Waals surface area contributed by atoms with E-state index in [-0.39, 0.29) is 23.4 Å². The lowest BCUT2D eigenvalue weighted by molar-refractivity contribution is 0.0650. The molecule has 3 aromatic rings. The molecule has 1 aromatic heterocycles. The predicted octanol–water partition coefficient (Wildman–Crippen LogP) is 3.00. The van der Waals surface area contributed by atoms with Gasteiger partial charge in [0.25, 0.3) is 5.91 Å². The van der Waals surface area contributed by atoms with Crippen molar-refractivity contribution in [1.82, 2.24) is 9.88 Å². The summed E-state index contributed by atoms with van der Waals surface area (Å²) in [5.74, 6) is -1.30. The highest BCUT2D eigenvalue weighted by atomic mass is 19.1. The maximum Gasteiger partial charge on any atom is 0.417 e. The minimum absolute atomic E-state index is 0.0189. The number of carbonyl (C=O) groups is 2. The molecular weight excluding hydrogens is 351 g/mol. The van der Waals surface area contributed by atoms with Gasteiger partial charge in [-0.25, -0.2) is 9.18 Å². The van der Waals surface area contributed by atoms with Crippen molar-refractivity contribution in [3.05, 3.63) is 70.0 Å². The van der Waals surface area contributed by atoms with E-state index in [4.69, 9.17) is 4.42 Å². The largest absolute Gasteiger partial charge is 0.417 e. The van der Waals surface area contributed by atoms with Crippen molar-refractivity contribution in [3.8, 4) is 0 Å². The number of rotatable bonds is 3. The lowest BCUT2D eigenvalue weighted by atomic mass is 9.88. The normalized spacial score (nSPS) is 15.2. The Kier molecular flexibility index (Phi) is 4.35. The molecule has 1 amide bonds. The summed E-state index contributed by atoms with van der Waals surface area (Å²) in [4.78, 5) is 40.7. The number of ketones is 1. The smallest absolute Gasteiger partial charge is 0.408 e. The molecule has 1 aliphatic rings. The van der Waals surface area contributed by atoms with Crippen LogP contribution in [0.4, 0.5) is 4.39 Å².